The predicted octanol–water partition coefficient (Wildman–Crippen LogP) is 0.454. The van der Waals surface area contributed by atoms with Crippen LogP contribution in [0.2, 0.25) is 0 Å². The molecule has 1 fully saturated rings. The molecule has 2 nitrogen and oxygen atoms in total. The maximum Gasteiger partial charge on any atom is 0.0925 e. The topological polar surface area (TPSA) is 29.5 Å². The van der Waals surface area contributed by atoms with Crippen molar-refractivity contribution in [3.63, 3.8) is 0 Å². The average Bonchev–Trinajstić information content (AvgIpc) is 2.10. The smallest absolute Gasteiger partial charge is 0.0925 e. The van der Waals surface area contributed by atoms with Crippen LogP contribution in [-0.4, -0.2) is 29.2 Å². The number of aliphatic hydroxyl groups excluding tert-OH is 1. The fraction of sp³-hybridized carbons (Fsp3) is 1.00. The van der Waals surface area contributed by atoms with Crippen molar-refractivity contribution in [2.45, 2.75) is 30.8 Å². The standard InChI is InChI=1S/C6H12O2S/c1-4-2-6(9)5(3-7)8-4/h4-7,9H,2-3H2,1H3/t4?,5-,6-/m1/s1. The summed E-state index contributed by atoms with van der Waals surface area (Å²) in [6.45, 7) is 2.09. The molecule has 0 amide bonds. The molecule has 1 aliphatic heterocycles. The summed E-state index contributed by atoms with van der Waals surface area (Å²) in [6.07, 6.45) is 1.18. The van der Waals surface area contributed by atoms with Gasteiger partial charge in [0, 0.05) is 5.25 Å². The van der Waals surface area contributed by atoms with Crippen LogP contribution in [0.3, 0.4) is 0 Å². The van der Waals surface area contributed by atoms with Crippen molar-refractivity contribution in [2.75, 3.05) is 6.61 Å². The molecule has 0 bridgehead atoms. The second-order valence-corrected chi connectivity index (χ2v) is 3.13. The molecule has 0 aromatic carbocycles. The van der Waals surface area contributed by atoms with E-state index < -0.39 is 0 Å². The molecule has 1 rings (SSSR count). The van der Waals surface area contributed by atoms with Gasteiger partial charge in [-0.05, 0) is 13.3 Å². The second kappa shape index (κ2) is 2.90. The van der Waals surface area contributed by atoms with Crippen LogP contribution in [0.25, 0.3) is 0 Å². The van der Waals surface area contributed by atoms with Crippen LogP contribution in [0, 0.1) is 0 Å². The largest absolute Gasteiger partial charge is 0.394 e. The Morgan fingerprint density at radius 2 is 2.44 bits per heavy atom. The summed E-state index contributed by atoms with van der Waals surface area (Å²) < 4.78 is 5.30. The van der Waals surface area contributed by atoms with Crippen LogP contribution in [0.1, 0.15) is 13.3 Å². The average molecular weight is 148 g/mol. The molecule has 0 radical (unpaired) electrons. The number of thiol groups is 1. The van der Waals surface area contributed by atoms with Crippen molar-refractivity contribution in [3.8, 4) is 0 Å². The molecule has 54 valence electrons. The molecular formula is C6H12O2S. The van der Waals surface area contributed by atoms with E-state index in [4.69, 9.17) is 9.84 Å². The summed E-state index contributed by atoms with van der Waals surface area (Å²) in [6, 6.07) is 0. The molecule has 0 aromatic heterocycles. The zero-order chi connectivity index (χ0) is 6.85. The molecule has 0 spiro atoms. The number of aliphatic hydroxyl groups is 1. The van der Waals surface area contributed by atoms with E-state index in [9.17, 15) is 0 Å². The van der Waals surface area contributed by atoms with E-state index in [2.05, 4.69) is 12.6 Å². The highest BCUT2D eigenvalue weighted by Gasteiger charge is 2.29. The van der Waals surface area contributed by atoms with Gasteiger partial charge in [-0.15, -0.1) is 0 Å². The van der Waals surface area contributed by atoms with Gasteiger partial charge in [0.2, 0.25) is 0 Å². The summed E-state index contributed by atoms with van der Waals surface area (Å²) in [5.41, 5.74) is 0. The molecule has 3 heteroatoms. The quantitative estimate of drug-likeness (QED) is 0.529. The number of hydrogen-bond acceptors (Lipinski definition) is 3. The van der Waals surface area contributed by atoms with Gasteiger partial charge in [-0.2, -0.15) is 12.6 Å². The van der Waals surface area contributed by atoms with Gasteiger partial charge >= 0.3 is 0 Å². The first-order chi connectivity index (χ1) is 4.24. The Labute approximate surface area is 60.6 Å². The highest BCUT2D eigenvalue weighted by molar-refractivity contribution is 7.81. The van der Waals surface area contributed by atoms with Crippen LogP contribution in [0.15, 0.2) is 0 Å². The Balaban J connectivity index is 2.38. The van der Waals surface area contributed by atoms with Crippen molar-refractivity contribution in [3.05, 3.63) is 0 Å². The Morgan fingerprint density at radius 3 is 2.67 bits per heavy atom. The van der Waals surface area contributed by atoms with Crippen molar-refractivity contribution < 1.29 is 9.84 Å². The Morgan fingerprint density at radius 1 is 1.78 bits per heavy atom. The van der Waals surface area contributed by atoms with Crippen LogP contribution in [-0.2, 0) is 4.74 Å². The number of rotatable bonds is 1. The van der Waals surface area contributed by atoms with Gasteiger partial charge in [-0.1, -0.05) is 0 Å². The zero-order valence-corrected chi connectivity index (χ0v) is 6.34. The first kappa shape index (κ1) is 7.38. The zero-order valence-electron chi connectivity index (χ0n) is 5.45. The van der Waals surface area contributed by atoms with Crippen LogP contribution in [0.5, 0.6) is 0 Å². The number of hydrogen-bond donors (Lipinski definition) is 2. The van der Waals surface area contributed by atoms with Crippen molar-refractivity contribution >= 4 is 12.6 Å². The van der Waals surface area contributed by atoms with Crippen LogP contribution < -0.4 is 0 Å². The van der Waals surface area contributed by atoms with Crippen molar-refractivity contribution in [1.29, 1.82) is 0 Å². The van der Waals surface area contributed by atoms with Gasteiger partial charge in [-0.3, -0.25) is 0 Å². The molecular weight excluding hydrogens is 136 g/mol. The van der Waals surface area contributed by atoms with E-state index in [1.165, 1.54) is 0 Å². The minimum atomic E-state index is -0.0386. The molecule has 0 aliphatic carbocycles. The fourth-order valence-electron chi connectivity index (χ4n) is 1.10. The second-order valence-electron chi connectivity index (χ2n) is 2.47. The Bertz CT molecular complexity index is 97.1. The van der Waals surface area contributed by atoms with Gasteiger partial charge in [0.05, 0.1) is 18.8 Å². The minimum Gasteiger partial charge on any atom is -0.394 e. The van der Waals surface area contributed by atoms with E-state index in [1.54, 1.807) is 0 Å². The third-order valence-corrected chi connectivity index (χ3v) is 2.13. The Kier molecular flexibility index (Phi) is 2.38. The van der Waals surface area contributed by atoms with Crippen LogP contribution >= 0.6 is 12.6 Å². The van der Waals surface area contributed by atoms with Crippen molar-refractivity contribution in [2.24, 2.45) is 0 Å². The lowest BCUT2D eigenvalue weighted by Crippen LogP contribution is -2.20. The lowest BCUT2D eigenvalue weighted by atomic mass is 10.2. The highest BCUT2D eigenvalue weighted by Crippen LogP contribution is 2.23. The molecule has 1 N–H and O–H groups in total. The van der Waals surface area contributed by atoms with Crippen LogP contribution in [0.4, 0.5) is 0 Å². The third-order valence-electron chi connectivity index (χ3n) is 1.59. The highest BCUT2D eigenvalue weighted by atomic mass is 32.1. The lowest BCUT2D eigenvalue weighted by Gasteiger charge is -2.09. The summed E-state index contributed by atoms with van der Waals surface area (Å²) in [4.78, 5) is 0. The van der Waals surface area contributed by atoms with E-state index in [0.29, 0.717) is 0 Å². The monoisotopic (exact) mass is 148 g/mol. The van der Waals surface area contributed by atoms with Gasteiger partial charge < -0.3 is 9.84 Å². The molecule has 1 aliphatic rings. The van der Waals surface area contributed by atoms with Gasteiger partial charge in [0.1, 0.15) is 0 Å². The minimum absolute atomic E-state index is 0.0386. The summed E-state index contributed by atoms with van der Waals surface area (Å²) in [5, 5.41) is 8.91. The van der Waals surface area contributed by atoms with Gasteiger partial charge in [0.15, 0.2) is 0 Å². The van der Waals surface area contributed by atoms with E-state index >= 15 is 0 Å². The molecule has 9 heavy (non-hydrogen) atoms. The normalized spacial score (nSPS) is 43.7. The molecule has 1 unspecified atom stereocenters. The molecule has 1 heterocycles. The van der Waals surface area contributed by atoms with E-state index in [1.807, 2.05) is 6.92 Å². The third kappa shape index (κ3) is 1.60. The maximum atomic E-state index is 8.68. The first-order valence-electron chi connectivity index (χ1n) is 3.18. The lowest BCUT2D eigenvalue weighted by molar-refractivity contribution is 0.0213. The molecule has 3 atom stereocenters. The molecule has 1 saturated heterocycles. The predicted molar refractivity (Wildman–Crippen MR) is 38.8 cm³/mol. The SMILES string of the molecule is CC1C[C@@H](S)[C@@H](CO)O1. The molecule has 0 aromatic rings. The van der Waals surface area contributed by atoms with Gasteiger partial charge in [0.25, 0.3) is 0 Å². The van der Waals surface area contributed by atoms with E-state index in [0.717, 1.165) is 6.42 Å². The van der Waals surface area contributed by atoms with Gasteiger partial charge in [-0.25, -0.2) is 0 Å². The van der Waals surface area contributed by atoms with E-state index in [-0.39, 0.29) is 24.1 Å². The summed E-state index contributed by atoms with van der Waals surface area (Å²) in [7, 11) is 0. The summed E-state index contributed by atoms with van der Waals surface area (Å²) >= 11 is 4.24. The maximum absolute atomic E-state index is 8.68. The molecule has 0 saturated carbocycles. The number of ether oxygens (including phenoxy) is 1. The summed E-state index contributed by atoms with van der Waals surface area (Å²) in [5.74, 6) is 0. The fourth-order valence-corrected chi connectivity index (χ4v) is 1.56. The first-order valence-corrected chi connectivity index (χ1v) is 3.70. The van der Waals surface area contributed by atoms with Crippen molar-refractivity contribution in [1.82, 2.24) is 0 Å². The Hall–Kier alpha value is 0.270.